The SMILES string of the molecule is C=N/C=C(\C=NCC(=C)N=C/C=C\C)C1CC1c1cc(C)c(F)c(Cl)c1. The van der Waals surface area contributed by atoms with Crippen LogP contribution in [0.2, 0.25) is 5.02 Å². The summed E-state index contributed by atoms with van der Waals surface area (Å²) in [5.74, 6) is 0.224. The van der Waals surface area contributed by atoms with Gasteiger partial charge in [0.2, 0.25) is 0 Å². The quantitative estimate of drug-likeness (QED) is 0.525. The molecule has 2 atom stereocenters. The summed E-state index contributed by atoms with van der Waals surface area (Å²) < 4.78 is 13.7. The molecular formula is C21H23ClFN3. The summed E-state index contributed by atoms with van der Waals surface area (Å²) in [6, 6.07) is 3.57. The lowest BCUT2D eigenvalue weighted by molar-refractivity contribution is 0.618. The molecule has 2 unspecified atom stereocenters. The van der Waals surface area contributed by atoms with Gasteiger partial charge >= 0.3 is 0 Å². The molecule has 0 heterocycles. The predicted molar refractivity (Wildman–Crippen MR) is 110 cm³/mol. The van der Waals surface area contributed by atoms with Gasteiger partial charge in [-0.3, -0.25) is 15.0 Å². The van der Waals surface area contributed by atoms with Crippen LogP contribution in [0.5, 0.6) is 0 Å². The highest BCUT2D eigenvalue weighted by molar-refractivity contribution is 6.30. The highest BCUT2D eigenvalue weighted by atomic mass is 35.5. The molecule has 1 aromatic carbocycles. The van der Waals surface area contributed by atoms with Crippen LogP contribution in [0, 0.1) is 18.7 Å². The normalized spacial score (nSPS) is 20.4. The van der Waals surface area contributed by atoms with Crippen molar-refractivity contribution in [1.29, 1.82) is 0 Å². The lowest BCUT2D eigenvalue weighted by Crippen LogP contribution is -1.95. The Morgan fingerprint density at radius 2 is 2.19 bits per heavy atom. The smallest absolute Gasteiger partial charge is 0.144 e. The van der Waals surface area contributed by atoms with Crippen LogP contribution in [0.1, 0.15) is 30.4 Å². The first-order valence-electron chi connectivity index (χ1n) is 8.42. The van der Waals surface area contributed by atoms with Gasteiger partial charge < -0.3 is 0 Å². The van der Waals surface area contributed by atoms with Gasteiger partial charge in [-0.15, -0.1) is 0 Å². The molecule has 26 heavy (non-hydrogen) atoms. The van der Waals surface area contributed by atoms with Crippen molar-refractivity contribution in [3.63, 3.8) is 0 Å². The second-order valence-corrected chi connectivity index (χ2v) is 6.64. The molecule has 1 fully saturated rings. The molecule has 0 aliphatic heterocycles. The second-order valence-electron chi connectivity index (χ2n) is 6.23. The fourth-order valence-electron chi connectivity index (χ4n) is 2.76. The Morgan fingerprint density at radius 1 is 1.42 bits per heavy atom. The summed E-state index contributed by atoms with van der Waals surface area (Å²) in [6.07, 6.45) is 9.90. The molecule has 136 valence electrons. The fourth-order valence-corrected chi connectivity index (χ4v) is 3.04. The van der Waals surface area contributed by atoms with Crippen molar-refractivity contribution in [1.82, 2.24) is 0 Å². The standard InChI is InChI=1S/C21H23ClFN3/c1-5-6-7-26-15(3)11-25-13-17(12-24-4)19-10-18(19)16-8-14(2)21(23)20(22)9-16/h5-9,12-13,18-19H,3-4,10-11H2,1-2H3/b6-5-,17-12+,25-13?,26-7?. The Bertz CT molecular complexity index is 782. The zero-order chi connectivity index (χ0) is 19.1. The zero-order valence-electron chi connectivity index (χ0n) is 15.1. The van der Waals surface area contributed by atoms with Gasteiger partial charge in [-0.2, -0.15) is 0 Å². The minimum Gasteiger partial charge on any atom is -0.286 e. The zero-order valence-corrected chi connectivity index (χ0v) is 15.9. The average Bonchev–Trinajstić information content (AvgIpc) is 3.39. The summed E-state index contributed by atoms with van der Waals surface area (Å²) in [5, 5.41) is 0.169. The van der Waals surface area contributed by atoms with Gasteiger partial charge in [-0.25, -0.2) is 4.39 Å². The average molecular weight is 372 g/mol. The van der Waals surface area contributed by atoms with E-state index in [9.17, 15) is 4.39 Å². The van der Waals surface area contributed by atoms with Crippen molar-refractivity contribution in [3.05, 3.63) is 70.3 Å². The van der Waals surface area contributed by atoms with Gasteiger partial charge in [0.1, 0.15) is 5.82 Å². The highest BCUT2D eigenvalue weighted by Crippen LogP contribution is 2.52. The monoisotopic (exact) mass is 371 g/mol. The van der Waals surface area contributed by atoms with Crippen LogP contribution in [0.3, 0.4) is 0 Å². The van der Waals surface area contributed by atoms with Gasteiger partial charge in [-0.1, -0.05) is 30.3 Å². The number of aliphatic imine (C=N–C) groups is 3. The van der Waals surface area contributed by atoms with Gasteiger partial charge in [0.25, 0.3) is 0 Å². The molecule has 1 aromatic rings. The molecule has 0 aromatic heterocycles. The highest BCUT2D eigenvalue weighted by Gasteiger charge is 2.40. The molecule has 0 saturated heterocycles. The lowest BCUT2D eigenvalue weighted by atomic mass is 10.0. The number of aryl methyl sites for hydroxylation is 1. The van der Waals surface area contributed by atoms with Crippen LogP contribution in [-0.2, 0) is 0 Å². The van der Waals surface area contributed by atoms with E-state index in [1.165, 1.54) is 0 Å². The third-order valence-corrected chi connectivity index (χ3v) is 4.44. The number of hydrogen-bond acceptors (Lipinski definition) is 3. The number of rotatable bonds is 8. The number of benzene rings is 1. The Kier molecular flexibility index (Phi) is 7.22. The topological polar surface area (TPSA) is 37.1 Å². The molecular weight excluding hydrogens is 349 g/mol. The molecule has 1 aliphatic rings. The van der Waals surface area contributed by atoms with Crippen LogP contribution in [0.4, 0.5) is 4.39 Å². The molecule has 0 amide bonds. The minimum absolute atomic E-state index is 0.169. The van der Waals surface area contributed by atoms with E-state index >= 15 is 0 Å². The summed E-state index contributed by atoms with van der Waals surface area (Å²) in [7, 11) is 0. The Morgan fingerprint density at radius 3 is 2.85 bits per heavy atom. The molecule has 2 rings (SSSR count). The summed E-state index contributed by atoms with van der Waals surface area (Å²) >= 11 is 5.98. The van der Waals surface area contributed by atoms with Crippen LogP contribution in [0.15, 0.2) is 63.3 Å². The lowest BCUT2D eigenvalue weighted by Gasteiger charge is -2.06. The predicted octanol–water partition coefficient (Wildman–Crippen LogP) is 5.71. The van der Waals surface area contributed by atoms with Crippen molar-refractivity contribution in [3.8, 4) is 0 Å². The number of hydrogen-bond donors (Lipinski definition) is 0. The van der Waals surface area contributed by atoms with E-state index < -0.39 is 0 Å². The van der Waals surface area contributed by atoms with Crippen LogP contribution < -0.4 is 0 Å². The summed E-state index contributed by atoms with van der Waals surface area (Å²) in [5.41, 5.74) is 3.28. The Hall–Kier alpha value is -2.33. The molecule has 0 bridgehead atoms. The van der Waals surface area contributed by atoms with Crippen LogP contribution >= 0.6 is 11.6 Å². The van der Waals surface area contributed by atoms with Gasteiger partial charge in [0.15, 0.2) is 0 Å². The fraction of sp³-hybridized carbons (Fsp3) is 0.286. The summed E-state index contributed by atoms with van der Waals surface area (Å²) in [6.45, 7) is 11.5. The first-order chi connectivity index (χ1) is 12.5. The molecule has 1 saturated carbocycles. The third-order valence-electron chi connectivity index (χ3n) is 4.17. The van der Waals surface area contributed by atoms with Gasteiger partial charge in [0.05, 0.1) is 17.3 Å². The van der Waals surface area contributed by atoms with Crippen LogP contribution in [0.25, 0.3) is 0 Å². The maximum Gasteiger partial charge on any atom is 0.144 e. The van der Waals surface area contributed by atoms with E-state index in [2.05, 4.69) is 28.3 Å². The van der Waals surface area contributed by atoms with Crippen molar-refractivity contribution in [2.75, 3.05) is 6.54 Å². The second kappa shape index (κ2) is 9.39. The van der Waals surface area contributed by atoms with Gasteiger partial charge in [-0.05, 0) is 67.7 Å². The molecule has 3 nitrogen and oxygen atoms in total. The number of allylic oxidation sites excluding steroid dienone is 3. The van der Waals surface area contributed by atoms with E-state index in [1.807, 2.05) is 25.1 Å². The maximum absolute atomic E-state index is 13.7. The van der Waals surface area contributed by atoms with E-state index in [-0.39, 0.29) is 16.8 Å². The minimum atomic E-state index is -0.352. The summed E-state index contributed by atoms with van der Waals surface area (Å²) in [4.78, 5) is 12.5. The van der Waals surface area contributed by atoms with Gasteiger partial charge in [0, 0.05) is 18.6 Å². The maximum atomic E-state index is 13.7. The molecule has 0 N–H and O–H groups in total. The number of halogens is 2. The van der Waals surface area contributed by atoms with E-state index in [0.29, 0.717) is 23.7 Å². The van der Waals surface area contributed by atoms with Crippen molar-refractivity contribution in [2.45, 2.75) is 26.2 Å². The van der Waals surface area contributed by atoms with Crippen molar-refractivity contribution in [2.24, 2.45) is 20.9 Å². The first kappa shape index (κ1) is 20.0. The first-order valence-corrected chi connectivity index (χ1v) is 8.80. The van der Waals surface area contributed by atoms with E-state index in [4.69, 9.17) is 11.6 Å². The van der Waals surface area contributed by atoms with E-state index in [1.54, 1.807) is 31.6 Å². The van der Waals surface area contributed by atoms with Crippen molar-refractivity contribution >= 4 is 30.7 Å². The molecule has 0 radical (unpaired) electrons. The van der Waals surface area contributed by atoms with Crippen molar-refractivity contribution < 1.29 is 4.39 Å². The Labute approximate surface area is 159 Å². The Balaban J connectivity index is 2.04. The van der Waals surface area contributed by atoms with Crippen LogP contribution in [-0.4, -0.2) is 25.7 Å². The molecule has 1 aliphatic carbocycles. The molecule has 5 heteroatoms. The number of nitrogens with zero attached hydrogens (tertiary/aromatic N) is 3. The third kappa shape index (κ3) is 5.33. The van der Waals surface area contributed by atoms with E-state index in [0.717, 1.165) is 17.6 Å². The largest absolute Gasteiger partial charge is 0.286 e. The molecule has 0 spiro atoms.